The third kappa shape index (κ3) is 4.54. The van der Waals surface area contributed by atoms with E-state index in [1.165, 1.54) is 0 Å². The number of hydrogen-bond donors (Lipinski definition) is 1. The van der Waals surface area contributed by atoms with Crippen LogP contribution in [0.15, 0.2) is 40.7 Å². The number of carbonyl (C=O) groups excluding carboxylic acids is 2. The van der Waals surface area contributed by atoms with Crippen molar-refractivity contribution in [3.8, 4) is 0 Å². The molecule has 1 heterocycles. The fraction of sp³-hybridized carbons (Fsp3) is 0.478. The van der Waals surface area contributed by atoms with E-state index in [2.05, 4.69) is 19.2 Å². The van der Waals surface area contributed by atoms with Crippen molar-refractivity contribution < 1.29 is 14.3 Å². The summed E-state index contributed by atoms with van der Waals surface area (Å²) in [5.74, 6) is -0.941. The Labute approximate surface area is 182 Å². The number of unbranched alkanes of at least 4 members (excludes halogenated alkanes) is 1. The second-order valence-corrected chi connectivity index (χ2v) is 9.43. The lowest BCUT2D eigenvalue weighted by molar-refractivity contribution is -0.139. The van der Waals surface area contributed by atoms with Gasteiger partial charge < -0.3 is 10.1 Å². The number of nitrogens with one attached hydrogen (secondary N) is 1. The second kappa shape index (κ2) is 8.53. The van der Waals surface area contributed by atoms with Gasteiger partial charge in [0.1, 0.15) is 0 Å². The first-order valence-corrected chi connectivity index (χ1v) is 10.8. The number of rotatable bonds is 5. The molecule has 3 rings (SSSR count). The SMILES string of the molecule is CCCCOC(=O)C1=C(C)NC2=C(C(=O)CC(C)(C)C2)[C@H]1c1ccc(Cl)cc1Cl. The van der Waals surface area contributed by atoms with Crippen LogP contribution in [-0.2, 0) is 14.3 Å². The summed E-state index contributed by atoms with van der Waals surface area (Å²) in [6.07, 6.45) is 2.87. The molecule has 1 aromatic rings. The lowest BCUT2D eigenvalue weighted by Gasteiger charge is -2.39. The molecule has 29 heavy (non-hydrogen) atoms. The van der Waals surface area contributed by atoms with Gasteiger partial charge >= 0.3 is 5.97 Å². The average molecular weight is 436 g/mol. The van der Waals surface area contributed by atoms with Crippen LogP contribution in [0.25, 0.3) is 0 Å². The van der Waals surface area contributed by atoms with Crippen molar-refractivity contribution in [2.75, 3.05) is 6.61 Å². The normalized spacial score (nSPS) is 21.0. The lowest BCUT2D eigenvalue weighted by atomic mass is 9.68. The number of carbonyl (C=O) groups is 2. The topological polar surface area (TPSA) is 55.4 Å². The number of dihydropyridines is 1. The fourth-order valence-corrected chi connectivity index (χ4v) is 4.66. The van der Waals surface area contributed by atoms with E-state index in [4.69, 9.17) is 27.9 Å². The van der Waals surface area contributed by atoms with Gasteiger partial charge in [0.25, 0.3) is 0 Å². The third-order valence-corrected chi connectivity index (χ3v) is 6.03. The zero-order valence-corrected chi connectivity index (χ0v) is 18.8. The van der Waals surface area contributed by atoms with Crippen LogP contribution in [0.3, 0.4) is 0 Å². The lowest BCUT2D eigenvalue weighted by Crippen LogP contribution is -2.38. The summed E-state index contributed by atoms with van der Waals surface area (Å²) in [7, 11) is 0. The molecule has 4 nitrogen and oxygen atoms in total. The van der Waals surface area contributed by atoms with Crippen LogP contribution in [0.2, 0.25) is 10.0 Å². The van der Waals surface area contributed by atoms with Crippen molar-refractivity contribution >= 4 is 35.0 Å². The monoisotopic (exact) mass is 435 g/mol. The van der Waals surface area contributed by atoms with E-state index in [1.807, 2.05) is 13.8 Å². The van der Waals surface area contributed by atoms with Crippen LogP contribution in [0.1, 0.15) is 64.9 Å². The summed E-state index contributed by atoms with van der Waals surface area (Å²) in [5, 5.41) is 4.26. The van der Waals surface area contributed by atoms with Gasteiger partial charge in [-0.05, 0) is 42.9 Å². The molecule has 6 heteroatoms. The Morgan fingerprint density at radius 3 is 2.66 bits per heavy atom. The number of esters is 1. The summed E-state index contributed by atoms with van der Waals surface area (Å²) in [6, 6.07) is 5.18. The van der Waals surface area contributed by atoms with E-state index in [-0.39, 0.29) is 11.2 Å². The first-order chi connectivity index (χ1) is 13.6. The van der Waals surface area contributed by atoms with Crippen LogP contribution in [-0.4, -0.2) is 18.4 Å². The van der Waals surface area contributed by atoms with E-state index >= 15 is 0 Å². The third-order valence-electron chi connectivity index (χ3n) is 5.46. The Bertz CT molecular complexity index is 915. The molecule has 0 aromatic heterocycles. The van der Waals surface area contributed by atoms with E-state index in [1.54, 1.807) is 18.2 Å². The molecule has 1 N–H and O–H groups in total. The molecule has 0 spiro atoms. The minimum absolute atomic E-state index is 0.0334. The molecule has 1 aromatic carbocycles. The highest BCUT2D eigenvalue weighted by Crippen LogP contribution is 2.48. The Hall–Kier alpha value is -1.78. The number of Topliss-reactive ketones (excluding diaryl/α,β-unsaturated/α-hetero) is 1. The van der Waals surface area contributed by atoms with Gasteiger partial charge in [-0.25, -0.2) is 4.79 Å². The second-order valence-electron chi connectivity index (χ2n) is 8.59. The van der Waals surface area contributed by atoms with Crippen LogP contribution in [0.4, 0.5) is 0 Å². The summed E-state index contributed by atoms with van der Waals surface area (Å²) in [4.78, 5) is 26.2. The largest absolute Gasteiger partial charge is 0.462 e. The Balaban J connectivity index is 2.13. The molecule has 0 saturated carbocycles. The zero-order valence-electron chi connectivity index (χ0n) is 17.3. The average Bonchev–Trinajstić information content (AvgIpc) is 2.59. The molecular weight excluding hydrogens is 409 g/mol. The molecule has 2 aliphatic rings. The van der Waals surface area contributed by atoms with Gasteiger partial charge in [-0.15, -0.1) is 0 Å². The highest BCUT2D eigenvalue weighted by molar-refractivity contribution is 6.35. The molecular formula is C23H27Cl2NO3. The van der Waals surface area contributed by atoms with Crippen LogP contribution < -0.4 is 5.32 Å². The van der Waals surface area contributed by atoms with Gasteiger partial charge in [0.15, 0.2) is 5.78 Å². The standard InChI is InChI=1S/C23H27Cl2NO3/c1-5-6-9-29-22(28)19-13(2)26-17-11-23(3,4)12-18(27)21(17)20(19)15-8-7-14(24)10-16(15)25/h7-8,10,20,26H,5-6,9,11-12H2,1-4H3/t20-/m0/s1. The molecule has 0 fully saturated rings. The number of allylic oxidation sites excluding steroid dienone is 3. The van der Waals surface area contributed by atoms with Crippen LogP contribution >= 0.6 is 23.2 Å². The van der Waals surface area contributed by atoms with E-state index < -0.39 is 11.9 Å². The molecule has 0 unspecified atom stereocenters. The smallest absolute Gasteiger partial charge is 0.336 e. The maximum atomic E-state index is 13.2. The highest BCUT2D eigenvalue weighted by Gasteiger charge is 2.43. The van der Waals surface area contributed by atoms with Crippen LogP contribution in [0.5, 0.6) is 0 Å². The first-order valence-electron chi connectivity index (χ1n) is 10.0. The number of benzene rings is 1. The number of hydrogen-bond acceptors (Lipinski definition) is 4. The van der Waals surface area contributed by atoms with Crippen LogP contribution in [0, 0.1) is 5.41 Å². The fourth-order valence-electron chi connectivity index (χ4n) is 4.14. The maximum absolute atomic E-state index is 13.2. The summed E-state index contributed by atoms with van der Waals surface area (Å²) in [5.41, 5.74) is 3.17. The van der Waals surface area contributed by atoms with Crippen molar-refractivity contribution in [2.45, 2.75) is 59.3 Å². The molecule has 0 bridgehead atoms. The number of halogens is 2. The van der Waals surface area contributed by atoms with Gasteiger partial charge in [0.05, 0.1) is 12.2 Å². The molecule has 0 radical (unpaired) electrons. The van der Waals surface area contributed by atoms with Crippen molar-refractivity contribution in [1.29, 1.82) is 0 Å². The quantitative estimate of drug-likeness (QED) is 0.459. The van der Waals surface area contributed by atoms with E-state index in [9.17, 15) is 9.59 Å². The zero-order chi connectivity index (χ0) is 21.3. The molecule has 1 atom stereocenters. The Morgan fingerprint density at radius 2 is 2.00 bits per heavy atom. The molecule has 156 valence electrons. The Morgan fingerprint density at radius 1 is 1.28 bits per heavy atom. The molecule has 1 aliphatic heterocycles. The van der Waals surface area contributed by atoms with Gasteiger partial charge in [-0.3, -0.25) is 4.79 Å². The van der Waals surface area contributed by atoms with Gasteiger partial charge in [0.2, 0.25) is 0 Å². The molecule has 0 amide bonds. The molecule has 0 saturated heterocycles. The van der Waals surface area contributed by atoms with Crippen molar-refractivity contribution in [1.82, 2.24) is 5.32 Å². The van der Waals surface area contributed by atoms with Crippen molar-refractivity contribution in [2.24, 2.45) is 5.41 Å². The minimum Gasteiger partial charge on any atom is -0.462 e. The highest BCUT2D eigenvalue weighted by atomic mass is 35.5. The number of ether oxygens (including phenoxy) is 1. The Kier molecular flexibility index (Phi) is 6.45. The van der Waals surface area contributed by atoms with E-state index in [0.717, 1.165) is 25.0 Å². The first kappa shape index (κ1) is 21.9. The number of ketones is 1. The van der Waals surface area contributed by atoms with E-state index in [0.29, 0.717) is 45.5 Å². The van der Waals surface area contributed by atoms with Crippen molar-refractivity contribution in [3.63, 3.8) is 0 Å². The van der Waals surface area contributed by atoms with Gasteiger partial charge in [0, 0.05) is 39.4 Å². The summed E-state index contributed by atoms with van der Waals surface area (Å²) in [6.45, 7) is 8.39. The summed E-state index contributed by atoms with van der Waals surface area (Å²) < 4.78 is 5.52. The predicted molar refractivity (Wildman–Crippen MR) is 116 cm³/mol. The van der Waals surface area contributed by atoms with Gasteiger partial charge in [-0.2, -0.15) is 0 Å². The summed E-state index contributed by atoms with van der Waals surface area (Å²) >= 11 is 12.6. The van der Waals surface area contributed by atoms with Crippen molar-refractivity contribution in [3.05, 3.63) is 56.3 Å². The maximum Gasteiger partial charge on any atom is 0.336 e. The van der Waals surface area contributed by atoms with Gasteiger partial charge in [-0.1, -0.05) is 56.5 Å². The minimum atomic E-state index is -0.561. The molecule has 1 aliphatic carbocycles. The predicted octanol–water partition coefficient (Wildman–Crippen LogP) is 5.94.